The molecule has 1 saturated heterocycles. The smallest absolute Gasteiger partial charge is 0.261 e. The van der Waals surface area contributed by atoms with Gasteiger partial charge in [-0.05, 0) is 107 Å². The van der Waals surface area contributed by atoms with Gasteiger partial charge in [-0.25, -0.2) is 0 Å². The Morgan fingerprint density at radius 3 is 2.68 bits per heavy atom. The van der Waals surface area contributed by atoms with E-state index in [1.165, 1.54) is 5.57 Å². The number of rotatable bonds is 5. The first-order valence-corrected chi connectivity index (χ1v) is 14.3. The van der Waals surface area contributed by atoms with E-state index in [2.05, 4.69) is 35.7 Å². The number of aliphatic hydroxyl groups is 1. The molecule has 3 saturated carbocycles. The van der Waals surface area contributed by atoms with E-state index in [4.69, 9.17) is 4.84 Å². The Balaban J connectivity index is 1.22. The molecule has 204 valence electrons. The normalized spacial score (nSPS) is 42.4. The highest BCUT2D eigenvalue weighted by molar-refractivity contribution is 5.96. The van der Waals surface area contributed by atoms with Gasteiger partial charge in [-0.15, -0.1) is 0 Å². The third kappa shape index (κ3) is 4.43. The highest BCUT2D eigenvalue weighted by atomic mass is 16.6. The molecule has 0 unspecified atom stereocenters. The van der Waals surface area contributed by atoms with Gasteiger partial charge < -0.3 is 20.6 Å². The second-order valence-corrected chi connectivity index (χ2v) is 12.7. The van der Waals surface area contributed by atoms with E-state index in [1.54, 1.807) is 6.92 Å². The number of oxime groups is 1. The van der Waals surface area contributed by atoms with Crippen LogP contribution in [0.3, 0.4) is 0 Å². The Hall–Kier alpha value is -2.22. The highest BCUT2D eigenvalue weighted by Gasteiger charge is 2.65. The molecule has 2 amide bonds. The number of carbonyl (C=O) groups is 3. The molecule has 3 N–H and O–H groups in total. The van der Waals surface area contributed by atoms with Gasteiger partial charge in [-0.1, -0.05) is 24.6 Å². The number of hydrogen-bond donors (Lipinski definition) is 3. The number of hydrogen-bond acceptors (Lipinski definition) is 6. The molecule has 8 heteroatoms. The van der Waals surface area contributed by atoms with Crippen molar-refractivity contribution in [3.8, 4) is 0 Å². The Labute approximate surface area is 220 Å². The van der Waals surface area contributed by atoms with Crippen LogP contribution < -0.4 is 10.6 Å². The van der Waals surface area contributed by atoms with E-state index in [-0.39, 0.29) is 35.0 Å². The second-order valence-electron chi connectivity index (χ2n) is 12.7. The minimum Gasteiger partial charge on any atom is -0.385 e. The Bertz CT molecular complexity index is 1020. The van der Waals surface area contributed by atoms with Gasteiger partial charge in [0.15, 0.2) is 12.4 Å². The maximum atomic E-state index is 12.4. The fraction of sp³-hybridized carbons (Fsp3) is 0.793. The van der Waals surface area contributed by atoms with E-state index >= 15 is 0 Å². The Kier molecular flexibility index (Phi) is 7.01. The van der Waals surface area contributed by atoms with Crippen molar-refractivity contribution in [2.75, 3.05) is 13.2 Å². The zero-order valence-corrected chi connectivity index (χ0v) is 22.6. The predicted octanol–water partition coefficient (Wildman–Crippen LogP) is 3.43. The Morgan fingerprint density at radius 1 is 1.11 bits per heavy atom. The maximum Gasteiger partial charge on any atom is 0.261 e. The van der Waals surface area contributed by atoms with Crippen LogP contribution in [0, 0.1) is 28.6 Å². The molecule has 0 aromatic rings. The van der Waals surface area contributed by atoms with Gasteiger partial charge >= 0.3 is 0 Å². The molecule has 8 nitrogen and oxygen atoms in total. The molecule has 4 fully saturated rings. The number of Topliss-reactive ketones (excluding diaryl/α,β-unsaturated/α-hetero) is 1. The standard InChI is InChI=1S/C29H43N3O5/c1-18(33)29(36)14-11-23-21-8-7-19-16-20(9-12-27(19,2)22(21)10-13-28(23,29)3)32-37-17-25(34)31-24-6-4-5-15-30-26(24)35/h16,21-24,36H,4-15,17H2,1-3H3,(H,30,35)(H,31,34)/b32-20-/t21-,22+,23+,24+,27-,28-,29-/m0/s1. The van der Waals surface area contributed by atoms with Crippen molar-refractivity contribution in [3.05, 3.63) is 11.6 Å². The minimum atomic E-state index is -1.17. The lowest BCUT2D eigenvalue weighted by atomic mass is 9.46. The van der Waals surface area contributed by atoms with Crippen LogP contribution in [0.15, 0.2) is 16.8 Å². The minimum absolute atomic E-state index is 0.0664. The van der Waals surface area contributed by atoms with Crippen molar-refractivity contribution in [1.29, 1.82) is 0 Å². The first kappa shape index (κ1) is 26.4. The van der Waals surface area contributed by atoms with E-state index in [0.29, 0.717) is 37.1 Å². The van der Waals surface area contributed by atoms with Gasteiger partial charge in [0.25, 0.3) is 5.91 Å². The van der Waals surface area contributed by atoms with Crippen LogP contribution >= 0.6 is 0 Å². The number of nitrogens with zero attached hydrogens (tertiary/aromatic N) is 1. The molecular formula is C29H43N3O5. The number of carbonyl (C=O) groups excluding carboxylic acids is 3. The quantitative estimate of drug-likeness (QED) is 0.487. The van der Waals surface area contributed by atoms with Gasteiger partial charge in [0.05, 0.1) is 5.71 Å². The van der Waals surface area contributed by atoms with E-state index in [0.717, 1.165) is 63.5 Å². The fourth-order valence-corrected chi connectivity index (χ4v) is 8.72. The largest absolute Gasteiger partial charge is 0.385 e. The molecule has 1 aliphatic heterocycles. The summed E-state index contributed by atoms with van der Waals surface area (Å²) in [5.74, 6) is 0.963. The van der Waals surface area contributed by atoms with Crippen LogP contribution in [-0.4, -0.2) is 53.2 Å². The SMILES string of the molecule is CC(=O)[C@@]1(O)CC[C@@H]2[C@H]3CCC4=C/C(=N\OCC(=O)N[C@@H]5CCCCNC5=O)CC[C@]4(C)[C@@H]3CC[C@@]21C. The van der Waals surface area contributed by atoms with E-state index in [1.807, 2.05) is 0 Å². The first-order chi connectivity index (χ1) is 17.6. The Morgan fingerprint density at radius 2 is 1.89 bits per heavy atom. The van der Waals surface area contributed by atoms with E-state index in [9.17, 15) is 19.5 Å². The predicted molar refractivity (Wildman–Crippen MR) is 140 cm³/mol. The first-order valence-electron chi connectivity index (χ1n) is 14.3. The average Bonchev–Trinajstić information content (AvgIpc) is 2.99. The molecule has 5 rings (SSSR count). The molecule has 0 aromatic carbocycles. The molecule has 5 aliphatic rings. The van der Waals surface area contributed by atoms with Gasteiger partial charge in [-0.3, -0.25) is 14.4 Å². The summed E-state index contributed by atoms with van der Waals surface area (Å²) in [6.45, 7) is 6.58. The van der Waals surface area contributed by atoms with Crippen LogP contribution in [0.4, 0.5) is 0 Å². The maximum absolute atomic E-state index is 12.4. The van der Waals surface area contributed by atoms with Gasteiger partial charge in [0, 0.05) is 12.0 Å². The van der Waals surface area contributed by atoms with Gasteiger partial charge in [0.2, 0.25) is 5.91 Å². The van der Waals surface area contributed by atoms with Crippen molar-refractivity contribution in [3.63, 3.8) is 0 Å². The van der Waals surface area contributed by atoms with Gasteiger partial charge in [-0.2, -0.15) is 0 Å². The molecule has 0 aromatic heterocycles. The summed E-state index contributed by atoms with van der Waals surface area (Å²) in [7, 11) is 0. The molecule has 0 bridgehead atoms. The van der Waals surface area contributed by atoms with Crippen molar-refractivity contribution in [2.24, 2.45) is 33.7 Å². The topological polar surface area (TPSA) is 117 Å². The summed E-state index contributed by atoms with van der Waals surface area (Å²) in [6, 6.07) is -0.498. The van der Waals surface area contributed by atoms with Crippen LogP contribution in [0.25, 0.3) is 0 Å². The van der Waals surface area contributed by atoms with Gasteiger partial charge in [0.1, 0.15) is 11.6 Å². The molecular weight excluding hydrogens is 470 g/mol. The molecule has 4 aliphatic carbocycles. The number of ketones is 1. The summed E-state index contributed by atoms with van der Waals surface area (Å²) >= 11 is 0. The van der Waals surface area contributed by atoms with E-state index < -0.39 is 11.6 Å². The lowest BCUT2D eigenvalue weighted by Crippen LogP contribution is -2.57. The number of allylic oxidation sites excluding steroid dienone is 2. The van der Waals surface area contributed by atoms with Crippen LogP contribution in [0.2, 0.25) is 0 Å². The molecule has 0 radical (unpaired) electrons. The number of nitrogens with one attached hydrogen (secondary N) is 2. The third-order valence-electron chi connectivity index (χ3n) is 11.0. The van der Waals surface area contributed by atoms with Crippen molar-refractivity contribution in [1.82, 2.24) is 10.6 Å². The number of fused-ring (bicyclic) bond motifs is 5. The van der Waals surface area contributed by atoms with Crippen molar-refractivity contribution < 1.29 is 24.3 Å². The molecule has 7 atom stereocenters. The molecule has 37 heavy (non-hydrogen) atoms. The average molecular weight is 514 g/mol. The van der Waals surface area contributed by atoms with Crippen LogP contribution in [0.5, 0.6) is 0 Å². The van der Waals surface area contributed by atoms with Crippen LogP contribution in [-0.2, 0) is 19.2 Å². The second kappa shape index (κ2) is 9.83. The zero-order valence-electron chi connectivity index (χ0n) is 22.6. The molecule has 1 heterocycles. The van der Waals surface area contributed by atoms with Crippen molar-refractivity contribution >= 4 is 23.3 Å². The summed E-state index contributed by atoms with van der Waals surface area (Å²) in [6.07, 6.45) is 12.0. The highest BCUT2D eigenvalue weighted by Crippen LogP contribution is 2.67. The third-order valence-corrected chi connectivity index (χ3v) is 11.0. The lowest BCUT2D eigenvalue weighted by molar-refractivity contribution is -0.159. The summed E-state index contributed by atoms with van der Waals surface area (Å²) in [5, 5.41) is 21.2. The zero-order chi connectivity index (χ0) is 26.4. The summed E-state index contributed by atoms with van der Waals surface area (Å²) in [5.41, 5.74) is 0.911. The fourth-order valence-electron chi connectivity index (χ4n) is 8.72. The summed E-state index contributed by atoms with van der Waals surface area (Å²) in [4.78, 5) is 42.2. The monoisotopic (exact) mass is 513 g/mol. The lowest BCUT2D eigenvalue weighted by Gasteiger charge is -2.59. The molecule has 0 spiro atoms. The summed E-state index contributed by atoms with van der Waals surface area (Å²) < 4.78 is 0. The van der Waals surface area contributed by atoms with Crippen molar-refractivity contribution in [2.45, 2.75) is 103 Å². The van der Waals surface area contributed by atoms with Crippen LogP contribution in [0.1, 0.15) is 91.4 Å². The number of amides is 2.